The number of aliphatic carboxylic acids is 1. The molecular formula is C16H18ClFN2O5. The van der Waals surface area contributed by atoms with E-state index in [2.05, 4.69) is 15.4 Å². The lowest BCUT2D eigenvalue weighted by Gasteiger charge is -2.26. The number of methoxy groups -OCH3 is 1. The van der Waals surface area contributed by atoms with Crippen LogP contribution in [0.4, 0.5) is 14.9 Å². The Kier molecular flexibility index (Phi) is 6.19. The number of carbonyl (C=O) groups is 3. The quantitative estimate of drug-likeness (QED) is 0.704. The number of rotatable bonds is 4. The van der Waals surface area contributed by atoms with Crippen molar-refractivity contribution in [1.29, 1.82) is 0 Å². The molecule has 0 aliphatic heterocycles. The van der Waals surface area contributed by atoms with Crippen LogP contribution in [0.5, 0.6) is 0 Å². The molecule has 0 radical (unpaired) electrons. The molecule has 1 saturated carbocycles. The number of carbonyl (C=O) groups excluding carboxylic acids is 2. The molecule has 136 valence electrons. The van der Waals surface area contributed by atoms with Crippen molar-refractivity contribution in [3.05, 3.63) is 28.5 Å². The van der Waals surface area contributed by atoms with E-state index in [-0.39, 0.29) is 28.2 Å². The molecule has 2 rings (SSSR count). The van der Waals surface area contributed by atoms with Crippen molar-refractivity contribution in [2.45, 2.75) is 31.7 Å². The summed E-state index contributed by atoms with van der Waals surface area (Å²) >= 11 is 5.73. The highest BCUT2D eigenvalue weighted by atomic mass is 35.5. The summed E-state index contributed by atoms with van der Waals surface area (Å²) in [5.41, 5.74) is -0.240. The number of esters is 1. The zero-order valence-corrected chi connectivity index (χ0v) is 14.2. The first-order valence-electron chi connectivity index (χ1n) is 7.69. The predicted octanol–water partition coefficient (Wildman–Crippen LogP) is 3.03. The molecule has 1 aromatic carbocycles. The normalized spacial score (nSPS) is 19.8. The molecule has 0 heterocycles. The van der Waals surface area contributed by atoms with Crippen LogP contribution in [0.2, 0.25) is 5.02 Å². The molecule has 0 atom stereocenters. The summed E-state index contributed by atoms with van der Waals surface area (Å²) in [7, 11) is 1.11. The highest BCUT2D eigenvalue weighted by molar-refractivity contribution is 6.31. The number of halogens is 2. The SMILES string of the molecule is COC(=O)c1cc(NC(=O)NC2CCC(C(=O)O)CC2)cc(Cl)c1F. The van der Waals surface area contributed by atoms with Crippen molar-refractivity contribution in [3.8, 4) is 0 Å². The van der Waals surface area contributed by atoms with Crippen molar-refractivity contribution >= 4 is 35.3 Å². The van der Waals surface area contributed by atoms with Gasteiger partial charge in [0.15, 0.2) is 5.82 Å². The summed E-state index contributed by atoms with van der Waals surface area (Å²) in [4.78, 5) is 34.5. The fraction of sp³-hybridized carbons (Fsp3) is 0.438. The topological polar surface area (TPSA) is 105 Å². The second-order valence-corrected chi connectivity index (χ2v) is 6.20. The first kappa shape index (κ1) is 19.0. The minimum Gasteiger partial charge on any atom is -0.481 e. The van der Waals surface area contributed by atoms with E-state index < -0.39 is 23.8 Å². The molecule has 1 aliphatic carbocycles. The number of benzene rings is 1. The van der Waals surface area contributed by atoms with Gasteiger partial charge in [-0.15, -0.1) is 0 Å². The first-order valence-corrected chi connectivity index (χ1v) is 8.07. The minimum atomic E-state index is -0.925. The number of anilines is 1. The van der Waals surface area contributed by atoms with Gasteiger partial charge in [-0.05, 0) is 37.8 Å². The summed E-state index contributed by atoms with van der Waals surface area (Å²) in [5.74, 6) is -3.03. The van der Waals surface area contributed by atoms with Crippen LogP contribution in [0.15, 0.2) is 12.1 Å². The third kappa shape index (κ3) is 4.82. The lowest BCUT2D eigenvalue weighted by molar-refractivity contribution is -0.142. The largest absolute Gasteiger partial charge is 0.481 e. The molecule has 1 aliphatic rings. The number of amides is 2. The number of hydrogen-bond donors (Lipinski definition) is 3. The van der Waals surface area contributed by atoms with Crippen molar-refractivity contribution in [1.82, 2.24) is 5.32 Å². The molecule has 0 saturated heterocycles. The number of hydrogen-bond acceptors (Lipinski definition) is 4. The maximum atomic E-state index is 13.8. The van der Waals surface area contributed by atoms with E-state index in [1.807, 2.05) is 0 Å². The van der Waals surface area contributed by atoms with Gasteiger partial charge in [-0.1, -0.05) is 11.6 Å². The highest BCUT2D eigenvalue weighted by Gasteiger charge is 2.27. The average Bonchev–Trinajstić information content (AvgIpc) is 2.57. The molecule has 25 heavy (non-hydrogen) atoms. The second kappa shape index (κ2) is 8.15. The Bertz CT molecular complexity index is 689. The molecule has 1 aromatic rings. The zero-order chi connectivity index (χ0) is 18.6. The maximum absolute atomic E-state index is 13.8. The van der Waals surface area contributed by atoms with Gasteiger partial charge in [0, 0.05) is 11.7 Å². The van der Waals surface area contributed by atoms with Crippen LogP contribution < -0.4 is 10.6 Å². The van der Waals surface area contributed by atoms with Crippen LogP contribution in [-0.4, -0.2) is 36.2 Å². The maximum Gasteiger partial charge on any atom is 0.340 e. The van der Waals surface area contributed by atoms with Crippen molar-refractivity contribution in [3.63, 3.8) is 0 Å². The van der Waals surface area contributed by atoms with Crippen LogP contribution in [0.3, 0.4) is 0 Å². The summed E-state index contributed by atoms with van der Waals surface area (Å²) in [6, 6.07) is 1.63. The fourth-order valence-corrected chi connectivity index (χ4v) is 2.98. The highest BCUT2D eigenvalue weighted by Crippen LogP contribution is 2.26. The summed E-state index contributed by atoms with van der Waals surface area (Å²) in [6.45, 7) is 0. The van der Waals surface area contributed by atoms with Crippen LogP contribution in [0.25, 0.3) is 0 Å². The van der Waals surface area contributed by atoms with Gasteiger partial charge in [0.1, 0.15) is 0 Å². The lowest BCUT2D eigenvalue weighted by Crippen LogP contribution is -2.41. The Morgan fingerprint density at radius 1 is 1.24 bits per heavy atom. The molecule has 7 nitrogen and oxygen atoms in total. The van der Waals surface area contributed by atoms with Crippen molar-refractivity contribution < 1.29 is 28.6 Å². The smallest absolute Gasteiger partial charge is 0.340 e. The number of ether oxygens (including phenoxy) is 1. The fourth-order valence-electron chi connectivity index (χ4n) is 2.76. The Labute approximate surface area is 148 Å². The third-order valence-corrected chi connectivity index (χ3v) is 4.38. The Balaban J connectivity index is 1.98. The number of carboxylic acid groups (broad SMARTS) is 1. The van der Waals surface area contributed by atoms with Gasteiger partial charge in [0.05, 0.1) is 23.6 Å². The van der Waals surface area contributed by atoms with Crippen molar-refractivity contribution in [2.24, 2.45) is 5.92 Å². The monoisotopic (exact) mass is 372 g/mol. The summed E-state index contributed by atoms with van der Waals surface area (Å²) in [5, 5.41) is 13.9. The Hall–Kier alpha value is -2.35. The standard InChI is InChI=1S/C16H18ClFN2O5/c1-25-15(23)11-6-10(7-12(17)13(11)18)20-16(24)19-9-4-2-8(3-5-9)14(21)22/h6-9H,2-5H2,1H3,(H,21,22)(H2,19,20,24). The molecule has 2 amide bonds. The molecule has 1 fully saturated rings. The van der Waals surface area contributed by atoms with Gasteiger partial charge >= 0.3 is 18.0 Å². The van der Waals surface area contributed by atoms with Gasteiger partial charge in [0.2, 0.25) is 0 Å². The lowest BCUT2D eigenvalue weighted by atomic mass is 9.86. The van der Waals surface area contributed by atoms with E-state index in [9.17, 15) is 18.8 Å². The molecule has 0 bridgehead atoms. The molecule has 0 aromatic heterocycles. The number of carboxylic acids is 1. The van der Waals surface area contributed by atoms with Crippen molar-refractivity contribution in [2.75, 3.05) is 12.4 Å². The van der Waals surface area contributed by atoms with Gasteiger partial charge in [-0.3, -0.25) is 4.79 Å². The van der Waals surface area contributed by atoms with E-state index in [0.717, 1.165) is 13.2 Å². The van der Waals surface area contributed by atoms with E-state index in [1.54, 1.807) is 0 Å². The molecule has 9 heteroatoms. The molecule has 3 N–H and O–H groups in total. The molecular weight excluding hydrogens is 355 g/mol. The summed E-state index contributed by atoms with van der Waals surface area (Å²) < 4.78 is 18.3. The van der Waals surface area contributed by atoms with E-state index >= 15 is 0 Å². The second-order valence-electron chi connectivity index (χ2n) is 5.80. The Morgan fingerprint density at radius 3 is 2.44 bits per heavy atom. The minimum absolute atomic E-state index is 0.142. The van der Waals surface area contributed by atoms with Crippen LogP contribution in [0.1, 0.15) is 36.0 Å². The van der Waals surface area contributed by atoms with E-state index in [4.69, 9.17) is 16.7 Å². The van der Waals surface area contributed by atoms with Crippen LogP contribution >= 0.6 is 11.6 Å². The van der Waals surface area contributed by atoms with Gasteiger partial charge < -0.3 is 20.5 Å². The van der Waals surface area contributed by atoms with Gasteiger partial charge in [-0.2, -0.15) is 0 Å². The van der Waals surface area contributed by atoms with E-state index in [1.165, 1.54) is 6.07 Å². The van der Waals surface area contributed by atoms with Crippen LogP contribution in [-0.2, 0) is 9.53 Å². The average molecular weight is 373 g/mol. The predicted molar refractivity (Wildman–Crippen MR) is 88.3 cm³/mol. The van der Waals surface area contributed by atoms with Gasteiger partial charge in [0.25, 0.3) is 0 Å². The number of nitrogens with one attached hydrogen (secondary N) is 2. The van der Waals surface area contributed by atoms with E-state index in [0.29, 0.717) is 25.7 Å². The Morgan fingerprint density at radius 2 is 1.88 bits per heavy atom. The first-order chi connectivity index (χ1) is 11.8. The zero-order valence-electron chi connectivity index (χ0n) is 13.5. The van der Waals surface area contributed by atoms with Crippen LogP contribution in [0, 0.1) is 11.7 Å². The molecule has 0 unspecified atom stereocenters. The number of urea groups is 1. The molecule has 0 spiro atoms. The van der Waals surface area contributed by atoms with Gasteiger partial charge in [-0.25, -0.2) is 14.0 Å². The summed E-state index contributed by atoms with van der Waals surface area (Å²) in [6.07, 6.45) is 2.11. The third-order valence-electron chi connectivity index (χ3n) is 4.10.